The van der Waals surface area contributed by atoms with Crippen LogP contribution in [0.5, 0.6) is 0 Å². The van der Waals surface area contributed by atoms with E-state index < -0.39 is 5.25 Å². The number of ether oxygens (including phenoxy) is 1. The fourth-order valence-electron chi connectivity index (χ4n) is 3.57. The number of aryl methyl sites for hydroxylation is 4. The third-order valence-electron chi connectivity index (χ3n) is 5.27. The van der Waals surface area contributed by atoms with E-state index >= 15 is 0 Å². The molecule has 1 aromatic carbocycles. The average molecular weight is 415 g/mol. The molecule has 1 unspecified atom stereocenters. The molecule has 3 aromatic rings. The zero-order valence-corrected chi connectivity index (χ0v) is 18.0. The summed E-state index contributed by atoms with van der Waals surface area (Å²) in [4.78, 5) is 32.4. The van der Waals surface area contributed by atoms with Crippen LogP contribution in [0, 0.1) is 13.8 Å². The van der Waals surface area contributed by atoms with E-state index in [0.717, 1.165) is 46.3 Å². The fraction of sp³-hybridized carbons (Fsp3) is 0.381. The van der Waals surface area contributed by atoms with Crippen molar-refractivity contribution < 1.29 is 9.53 Å². The van der Waals surface area contributed by atoms with Crippen LogP contribution in [-0.4, -0.2) is 27.9 Å². The Kier molecular flexibility index (Phi) is 5.05. The lowest BCUT2D eigenvalue weighted by Gasteiger charge is -2.15. The van der Waals surface area contributed by atoms with Crippen LogP contribution in [0.3, 0.4) is 0 Å². The van der Waals surface area contributed by atoms with E-state index in [2.05, 4.69) is 0 Å². The van der Waals surface area contributed by atoms with E-state index in [0.29, 0.717) is 5.16 Å². The number of hydrogen-bond acceptors (Lipinski definition) is 6. The second-order valence-electron chi connectivity index (χ2n) is 7.12. The summed E-state index contributed by atoms with van der Waals surface area (Å²) < 4.78 is 6.52. The summed E-state index contributed by atoms with van der Waals surface area (Å²) in [7, 11) is 1.37. The highest BCUT2D eigenvalue weighted by Crippen LogP contribution is 2.36. The van der Waals surface area contributed by atoms with E-state index in [9.17, 15) is 9.59 Å². The van der Waals surface area contributed by atoms with Crippen LogP contribution in [0.4, 0.5) is 0 Å². The molecule has 1 aliphatic carbocycles. The first-order chi connectivity index (χ1) is 13.4. The van der Waals surface area contributed by atoms with Crippen LogP contribution >= 0.6 is 23.1 Å². The molecule has 0 aliphatic heterocycles. The highest BCUT2D eigenvalue weighted by Gasteiger charge is 2.26. The van der Waals surface area contributed by atoms with Crippen molar-refractivity contribution in [1.82, 2.24) is 9.55 Å². The Balaban J connectivity index is 1.96. The number of carbonyl (C=O) groups is 1. The van der Waals surface area contributed by atoms with Crippen LogP contribution in [-0.2, 0) is 22.4 Å². The molecule has 1 aliphatic rings. The van der Waals surface area contributed by atoms with Crippen molar-refractivity contribution >= 4 is 39.3 Å². The Morgan fingerprint density at radius 2 is 2.07 bits per heavy atom. The maximum Gasteiger partial charge on any atom is 0.318 e. The molecule has 1 atom stereocenters. The Bertz CT molecular complexity index is 1150. The molecule has 0 spiro atoms. The summed E-state index contributed by atoms with van der Waals surface area (Å²) in [5.41, 5.74) is 4.16. The largest absolute Gasteiger partial charge is 0.468 e. The molecule has 4 rings (SSSR count). The summed E-state index contributed by atoms with van der Waals surface area (Å²) >= 11 is 2.87. The third-order valence-corrected chi connectivity index (χ3v) is 7.49. The molecule has 0 bridgehead atoms. The maximum absolute atomic E-state index is 13.6. The van der Waals surface area contributed by atoms with Crippen molar-refractivity contribution in [3.63, 3.8) is 0 Å². The number of thiophene rings is 1. The molecular formula is C21H22N2O3S2. The number of hydrogen-bond donors (Lipinski definition) is 0. The zero-order chi connectivity index (χ0) is 20.0. The summed E-state index contributed by atoms with van der Waals surface area (Å²) in [5.74, 6) is -0.334. The van der Waals surface area contributed by atoms with Crippen LogP contribution in [0.2, 0.25) is 0 Å². The summed E-state index contributed by atoms with van der Waals surface area (Å²) in [6, 6.07) is 5.96. The quantitative estimate of drug-likeness (QED) is 0.364. The Morgan fingerprint density at radius 3 is 2.79 bits per heavy atom. The van der Waals surface area contributed by atoms with Crippen molar-refractivity contribution in [2.45, 2.75) is 50.4 Å². The van der Waals surface area contributed by atoms with Gasteiger partial charge in [-0.1, -0.05) is 17.8 Å². The minimum atomic E-state index is -0.459. The predicted molar refractivity (Wildman–Crippen MR) is 114 cm³/mol. The summed E-state index contributed by atoms with van der Waals surface area (Å²) in [5, 5.41) is 0.809. The number of esters is 1. The lowest BCUT2D eigenvalue weighted by Crippen LogP contribution is -2.24. The van der Waals surface area contributed by atoms with Gasteiger partial charge in [-0.3, -0.25) is 14.2 Å². The van der Waals surface area contributed by atoms with Crippen molar-refractivity contribution in [1.29, 1.82) is 0 Å². The van der Waals surface area contributed by atoms with Gasteiger partial charge in [-0.25, -0.2) is 4.98 Å². The van der Waals surface area contributed by atoms with E-state index in [-0.39, 0.29) is 11.5 Å². The molecule has 0 saturated heterocycles. The van der Waals surface area contributed by atoms with Crippen LogP contribution in [0.1, 0.15) is 34.9 Å². The molecule has 28 heavy (non-hydrogen) atoms. The number of benzene rings is 1. The zero-order valence-electron chi connectivity index (χ0n) is 16.4. The van der Waals surface area contributed by atoms with Gasteiger partial charge < -0.3 is 4.74 Å². The standard InChI is InChI=1S/C21H22N2O3S2/c1-11-8-9-14(10-12(11)2)23-19(24)17-15-6-5-7-16(15)28-18(17)22-21(23)27-13(3)20(25)26-4/h8-10,13H,5-7H2,1-4H3. The molecule has 0 amide bonds. The van der Waals surface area contributed by atoms with Crippen molar-refractivity contribution in [3.05, 3.63) is 50.1 Å². The minimum Gasteiger partial charge on any atom is -0.468 e. The Labute approximate surface area is 171 Å². The van der Waals surface area contributed by atoms with Gasteiger partial charge in [-0.2, -0.15) is 0 Å². The number of methoxy groups -OCH3 is 1. The number of carbonyl (C=O) groups excluding carboxylic acids is 1. The first-order valence-corrected chi connectivity index (χ1v) is 11.0. The second kappa shape index (κ2) is 7.37. The van der Waals surface area contributed by atoms with Gasteiger partial charge in [-0.05, 0) is 68.9 Å². The minimum absolute atomic E-state index is 0.0489. The van der Waals surface area contributed by atoms with Gasteiger partial charge in [0, 0.05) is 4.88 Å². The first kappa shape index (κ1) is 19.2. The highest BCUT2D eigenvalue weighted by atomic mass is 32.2. The topological polar surface area (TPSA) is 61.2 Å². The number of fused-ring (bicyclic) bond motifs is 3. The molecule has 7 heteroatoms. The normalized spacial score (nSPS) is 14.3. The Hall–Kier alpha value is -2.12. The molecule has 2 heterocycles. The average Bonchev–Trinajstić information content (AvgIpc) is 3.24. The van der Waals surface area contributed by atoms with Gasteiger partial charge in [0.05, 0.1) is 18.2 Å². The summed E-state index contributed by atoms with van der Waals surface area (Å²) in [6.07, 6.45) is 3.04. The lowest BCUT2D eigenvalue weighted by atomic mass is 10.1. The van der Waals surface area contributed by atoms with Crippen LogP contribution in [0.25, 0.3) is 15.9 Å². The highest BCUT2D eigenvalue weighted by molar-refractivity contribution is 8.00. The van der Waals surface area contributed by atoms with Gasteiger partial charge in [0.25, 0.3) is 5.56 Å². The molecular weight excluding hydrogens is 392 g/mol. The van der Waals surface area contributed by atoms with Gasteiger partial charge >= 0.3 is 5.97 Å². The van der Waals surface area contributed by atoms with Gasteiger partial charge in [0.1, 0.15) is 10.1 Å². The van der Waals surface area contributed by atoms with E-state index in [1.807, 2.05) is 32.0 Å². The molecule has 2 aromatic heterocycles. The number of thioether (sulfide) groups is 1. The van der Waals surface area contributed by atoms with Crippen LogP contribution in [0.15, 0.2) is 28.2 Å². The number of nitrogens with zero attached hydrogens (tertiary/aromatic N) is 2. The maximum atomic E-state index is 13.6. The molecule has 0 radical (unpaired) electrons. The predicted octanol–water partition coefficient (Wildman–Crippen LogP) is 4.21. The SMILES string of the molecule is COC(=O)C(C)Sc1nc2sc3c(c2c(=O)n1-c1ccc(C)c(C)c1)CCC3. The molecule has 146 valence electrons. The Morgan fingerprint density at radius 1 is 1.29 bits per heavy atom. The number of aromatic nitrogens is 2. The van der Waals surface area contributed by atoms with E-state index in [1.54, 1.807) is 22.8 Å². The fourth-order valence-corrected chi connectivity index (χ4v) is 5.82. The monoisotopic (exact) mass is 414 g/mol. The third kappa shape index (κ3) is 3.16. The molecule has 0 N–H and O–H groups in total. The van der Waals surface area contributed by atoms with E-state index in [4.69, 9.17) is 9.72 Å². The van der Waals surface area contributed by atoms with Gasteiger partial charge in [0.2, 0.25) is 0 Å². The van der Waals surface area contributed by atoms with Crippen molar-refractivity contribution in [2.75, 3.05) is 7.11 Å². The number of rotatable bonds is 4. The van der Waals surface area contributed by atoms with Crippen LogP contribution < -0.4 is 5.56 Å². The van der Waals surface area contributed by atoms with Gasteiger partial charge in [-0.15, -0.1) is 11.3 Å². The van der Waals surface area contributed by atoms with Crippen molar-refractivity contribution in [2.24, 2.45) is 0 Å². The summed E-state index contributed by atoms with van der Waals surface area (Å²) in [6.45, 7) is 5.85. The smallest absolute Gasteiger partial charge is 0.318 e. The molecule has 0 saturated carbocycles. The van der Waals surface area contributed by atoms with Gasteiger partial charge in [0.15, 0.2) is 5.16 Å². The van der Waals surface area contributed by atoms with E-state index in [1.165, 1.54) is 29.3 Å². The first-order valence-electron chi connectivity index (χ1n) is 9.30. The molecule has 0 fully saturated rings. The molecule has 5 nitrogen and oxygen atoms in total. The van der Waals surface area contributed by atoms with Crippen molar-refractivity contribution in [3.8, 4) is 5.69 Å². The second-order valence-corrected chi connectivity index (χ2v) is 9.52. The lowest BCUT2D eigenvalue weighted by molar-refractivity contribution is -0.139.